The Balaban J connectivity index is 1.70. The Kier molecular flexibility index (Phi) is 7.42. The fraction of sp³-hybridized carbons (Fsp3) is 0.160. The SMILES string of the molecule is C=C/C=C/NC(=O)NC(C)N1C(=O)CO[C@@H]1c1cn(-c2ccc(Br)cc2)nc1-c1ccc(F)cc1. The van der Waals surface area contributed by atoms with Gasteiger partial charge in [-0.1, -0.05) is 28.6 Å². The van der Waals surface area contributed by atoms with Gasteiger partial charge < -0.3 is 15.4 Å². The van der Waals surface area contributed by atoms with Gasteiger partial charge in [-0.25, -0.2) is 13.9 Å². The number of urea groups is 1. The smallest absolute Gasteiger partial charge is 0.320 e. The Morgan fingerprint density at radius 3 is 2.66 bits per heavy atom. The molecule has 2 aromatic carbocycles. The van der Waals surface area contributed by atoms with Crippen LogP contribution in [0, 0.1) is 5.82 Å². The Morgan fingerprint density at radius 1 is 1.26 bits per heavy atom. The second-order valence-electron chi connectivity index (χ2n) is 7.71. The molecule has 0 bridgehead atoms. The van der Waals surface area contributed by atoms with E-state index in [0.29, 0.717) is 16.8 Å². The van der Waals surface area contributed by atoms with Crippen LogP contribution in [0.5, 0.6) is 0 Å². The first kappa shape index (κ1) is 24.4. The first-order valence-electron chi connectivity index (χ1n) is 10.8. The molecule has 0 saturated carbocycles. The summed E-state index contributed by atoms with van der Waals surface area (Å²) in [7, 11) is 0. The molecular weight excluding hydrogens is 517 g/mol. The second-order valence-corrected chi connectivity index (χ2v) is 8.63. The number of nitrogens with one attached hydrogen (secondary N) is 2. The molecule has 3 amide bonds. The van der Waals surface area contributed by atoms with Crippen molar-refractivity contribution < 1.29 is 18.7 Å². The molecule has 8 nitrogen and oxygen atoms in total. The molecule has 0 aliphatic carbocycles. The summed E-state index contributed by atoms with van der Waals surface area (Å²) in [4.78, 5) is 26.4. The first-order chi connectivity index (χ1) is 16.9. The van der Waals surface area contributed by atoms with Crippen molar-refractivity contribution in [3.05, 3.63) is 95.5 Å². The van der Waals surface area contributed by atoms with E-state index in [1.54, 1.807) is 36.0 Å². The van der Waals surface area contributed by atoms with E-state index in [4.69, 9.17) is 9.84 Å². The number of aromatic nitrogens is 2. The monoisotopic (exact) mass is 539 g/mol. The quantitative estimate of drug-likeness (QED) is 0.428. The molecule has 2 heterocycles. The average Bonchev–Trinajstić information content (AvgIpc) is 3.44. The molecule has 3 aromatic rings. The molecule has 10 heteroatoms. The Hall–Kier alpha value is -3.76. The van der Waals surface area contributed by atoms with Gasteiger partial charge in [0.2, 0.25) is 0 Å². The zero-order chi connectivity index (χ0) is 24.9. The number of hydrogen-bond acceptors (Lipinski definition) is 4. The van der Waals surface area contributed by atoms with Gasteiger partial charge in [0.25, 0.3) is 5.91 Å². The summed E-state index contributed by atoms with van der Waals surface area (Å²) in [5, 5.41) is 10.0. The molecule has 4 rings (SSSR count). The molecule has 1 fully saturated rings. The van der Waals surface area contributed by atoms with Crippen LogP contribution >= 0.6 is 15.9 Å². The molecule has 0 radical (unpaired) electrons. The highest BCUT2D eigenvalue weighted by atomic mass is 79.9. The maximum absolute atomic E-state index is 13.6. The van der Waals surface area contributed by atoms with E-state index in [9.17, 15) is 14.0 Å². The first-order valence-corrected chi connectivity index (χ1v) is 11.6. The van der Waals surface area contributed by atoms with Crippen LogP contribution in [0.1, 0.15) is 18.7 Å². The van der Waals surface area contributed by atoms with Crippen molar-refractivity contribution in [2.75, 3.05) is 6.61 Å². The minimum atomic E-state index is -0.814. The van der Waals surface area contributed by atoms with Crippen LogP contribution in [0.4, 0.5) is 9.18 Å². The van der Waals surface area contributed by atoms with Crippen LogP contribution in [-0.2, 0) is 9.53 Å². The zero-order valence-electron chi connectivity index (χ0n) is 18.8. The third-order valence-corrected chi connectivity index (χ3v) is 5.86. The van der Waals surface area contributed by atoms with E-state index in [-0.39, 0.29) is 18.3 Å². The fourth-order valence-corrected chi connectivity index (χ4v) is 3.98. The summed E-state index contributed by atoms with van der Waals surface area (Å²) in [6.45, 7) is 5.08. The maximum atomic E-state index is 13.6. The number of rotatable bonds is 7. The second kappa shape index (κ2) is 10.7. The lowest BCUT2D eigenvalue weighted by Gasteiger charge is -2.29. The van der Waals surface area contributed by atoms with Gasteiger partial charge in [-0.05, 0) is 61.5 Å². The molecule has 180 valence electrons. The third-order valence-electron chi connectivity index (χ3n) is 5.33. The molecule has 1 saturated heterocycles. The lowest BCUT2D eigenvalue weighted by molar-refractivity contribution is -0.130. The van der Waals surface area contributed by atoms with Crippen LogP contribution in [0.2, 0.25) is 0 Å². The lowest BCUT2D eigenvalue weighted by atomic mass is 10.1. The van der Waals surface area contributed by atoms with E-state index in [0.717, 1.165) is 10.2 Å². The van der Waals surface area contributed by atoms with Crippen LogP contribution in [0.15, 0.2) is 84.1 Å². The van der Waals surface area contributed by atoms with Gasteiger partial charge in [0, 0.05) is 28.0 Å². The summed E-state index contributed by atoms with van der Waals surface area (Å²) in [6.07, 6.45) is 4.80. The Labute approximate surface area is 210 Å². The minimum absolute atomic E-state index is 0.152. The number of ether oxygens (including phenoxy) is 1. The van der Waals surface area contributed by atoms with Crippen molar-refractivity contribution in [2.24, 2.45) is 0 Å². The number of allylic oxidation sites excluding steroid dienone is 2. The van der Waals surface area contributed by atoms with Gasteiger partial charge in [-0.3, -0.25) is 9.69 Å². The van der Waals surface area contributed by atoms with Gasteiger partial charge in [-0.15, -0.1) is 0 Å². The predicted octanol–water partition coefficient (Wildman–Crippen LogP) is 4.64. The summed E-state index contributed by atoms with van der Waals surface area (Å²) in [5.74, 6) is -0.656. The van der Waals surface area contributed by atoms with Crippen molar-refractivity contribution in [3.8, 4) is 16.9 Å². The van der Waals surface area contributed by atoms with Gasteiger partial charge >= 0.3 is 6.03 Å². The van der Waals surface area contributed by atoms with E-state index in [2.05, 4.69) is 33.1 Å². The molecule has 1 aliphatic rings. The average molecular weight is 540 g/mol. The largest absolute Gasteiger partial charge is 0.344 e. The van der Waals surface area contributed by atoms with Crippen molar-refractivity contribution in [3.63, 3.8) is 0 Å². The van der Waals surface area contributed by atoms with Gasteiger partial charge in [0.15, 0.2) is 6.23 Å². The molecule has 35 heavy (non-hydrogen) atoms. The van der Waals surface area contributed by atoms with E-state index in [1.165, 1.54) is 29.3 Å². The lowest BCUT2D eigenvalue weighted by Crippen LogP contribution is -2.50. The zero-order valence-corrected chi connectivity index (χ0v) is 20.4. The van der Waals surface area contributed by atoms with E-state index >= 15 is 0 Å². The summed E-state index contributed by atoms with van der Waals surface area (Å²) in [6, 6.07) is 13.0. The summed E-state index contributed by atoms with van der Waals surface area (Å²) >= 11 is 3.43. The van der Waals surface area contributed by atoms with Gasteiger partial charge in [-0.2, -0.15) is 5.10 Å². The van der Waals surface area contributed by atoms with Crippen LogP contribution in [0.3, 0.4) is 0 Å². The maximum Gasteiger partial charge on any atom is 0.320 e. The van der Waals surface area contributed by atoms with Crippen molar-refractivity contribution in [1.29, 1.82) is 0 Å². The minimum Gasteiger partial charge on any atom is -0.344 e. The number of nitrogens with zero attached hydrogens (tertiary/aromatic N) is 3. The topological polar surface area (TPSA) is 88.5 Å². The van der Waals surface area contributed by atoms with Crippen LogP contribution < -0.4 is 10.6 Å². The number of amides is 3. The molecular formula is C25H23BrFN5O3. The highest BCUT2D eigenvalue weighted by Crippen LogP contribution is 2.36. The highest BCUT2D eigenvalue weighted by Gasteiger charge is 2.39. The number of carbonyl (C=O) groups is 2. The Bertz CT molecular complexity index is 1260. The molecule has 0 spiro atoms. The molecule has 1 unspecified atom stereocenters. The highest BCUT2D eigenvalue weighted by molar-refractivity contribution is 9.10. The molecule has 2 N–H and O–H groups in total. The standard InChI is InChI=1S/C25H23BrFN5O3/c1-3-4-13-28-25(34)29-16(2)32-22(33)15-35-24(32)21-14-31(20-11-7-18(26)8-12-20)30-23(21)17-5-9-19(27)10-6-17/h3-14,16,24H,1,15H2,2H3,(H2,28,29,34)/b13-4+/t16?,24-/m1/s1. The number of carbonyl (C=O) groups excluding carboxylic acids is 2. The molecule has 1 aromatic heterocycles. The van der Waals surface area contributed by atoms with Crippen molar-refractivity contribution >= 4 is 27.9 Å². The van der Waals surface area contributed by atoms with Crippen LogP contribution in [-0.4, -0.2) is 39.4 Å². The predicted molar refractivity (Wildman–Crippen MR) is 133 cm³/mol. The summed E-state index contributed by atoms with van der Waals surface area (Å²) in [5.41, 5.74) is 2.58. The molecule has 2 atom stereocenters. The number of hydrogen-bond donors (Lipinski definition) is 2. The third kappa shape index (κ3) is 5.50. The summed E-state index contributed by atoms with van der Waals surface area (Å²) < 4.78 is 22.1. The van der Waals surface area contributed by atoms with Crippen LogP contribution in [0.25, 0.3) is 16.9 Å². The van der Waals surface area contributed by atoms with Crippen molar-refractivity contribution in [2.45, 2.75) is 19.3 Å². The van der Waals surface area contributed by atoms with Gasteiger partial charge in [0.1, 0.15) is 24.3 Å². The molecule has 1 aliphatic heterocycles. The van der Waals surface area contributed by atoms with Gasteiger partial charge in [0.05, 0.1) is 5.69 Å². The van der Waals surface area contributed by atoms with E-state index in [1.807, 2.05) is 24.3 Å². The normalized spacial score (nSPS) is 16.5. The number of benzene rings is 2. The van der Waals surface area contributed by atoms with Crippen molar-refractivity contribution in [1.82, 2.24) is 25.3 Å². The fourth-order valence-electron chi connectivity index (χ4n) is 3.71. The Morgan fingerprint density at radius 2 is 1.97 bits per heavy atom. The van der Waals surface area contributed by atoms with E-state index < -0.39 is 18.4 Å². The number of halogens is 2.